The average Bonchev–Trinajstić information content (AvgIpc) is 3.13. The molecular formula is C24H22N2O4S. The topological polar surface area (TPSA) is 70.4 Å². The second-order valence-electron chi connectivity index (χ2n) is 7.06. The summed E-state index contributed by atoms with van der Waals surface area (Å²) in [4.78, 5) is 30.6. The number of aryl methyl sites for hydroxylation is 1. The summed E-state index contributed by atoms with van der Waals surface area (Å²) in [5.74, 6) is 0.317. The van der Waals surface area contributed by atoms with Crippen LogP contribution < -0.4 is 10.3 Å². The number of thiophene rings is 1. The molecule has 2 aromatic carbocycles. The number of nitrogens with zero attached hydrogens (tertiary/aromatic N) is 2. The molecule has 0 amide bonds. The van der Waals surface area contributed by atoms with Crippen LogP contribution in [0.5, 0.6) is 5.75 Å². The SMILES string of the molecule is CCOC(=O)c1sc2ncn(Cc3cccc(OCc4ccccc4)c3)c(=O)c2c1C. The normalized spacial score (nSPS) is 10.9. The van der Waals surface area contributed by atoms with Crippen molar-refractivity contribution >= 4 is 27.5 Å². The molecule has 0 fully saturated rings. The van der Waals surface area contributed by atoms with Gasteiger partial charge in [0.25, 0.3) is 5.56 Å². The number of esters is 1. The monoisotopic (exact) mass is 434 g/mol. The van der Waals surface area contributed by atoms with Crippen molar-refractivity contribution in [2.24, 2.45) is 0 Å². The Kier molecular flexibility index (Phi) is 6.13. The molecule has 4 rings (SSSR count). The number of aromatic nitrogens is 2. The van der Waals surface area contributed by atoms with E-state index in [0.29, 0.717) is 33.8 Å². The summed E-state index contributed by atoms with van der Waals surface area (Å²) in [5.41, 5.74) is 2.45. The Morgan fingerprint density at radius 1 is 1.10 bits per heavy atom. The van der Waals surface area contributed by atoms with E-state index in [1.165, 1.54) is 17.7 Å². The van der Waals surface area contributed by atoms with E-state index in [1.807, 2.05) is 54.6 Å². The Hall–Kier alpha value is -3.45. The number of carbonyl (C=O) groups excluding carboxylic acids is 1. The van der Waals surface area contributed by atoms with E-state index in [2.05, 4.69) is 4.98 Å². The second-order valence-corrected chi connectivity index (χ2v) is 8.06. The van der Waals surface area contributed by atoms with Crippen LogP contribution in [0, 0.1) is 6.92 Å². The lowest BCUT2D eigenvalue weighted by Gasteiger charge is -2.10. The molecule has 0 aliphatic carbocycles. The zero-order valence-electron chi connectivity index (χ0n) is 17.3. The minimum Gasteiger partial charge on any atom is -0.489 e. The van der Waals surface area contributed by atoms with Crippen LogP contribution in [0.15, 0.2) is 65.7 Å². The van der Waals surface area contributed by atoms with E-state index in [0.717, 1.165) is 16.9 Å². The molecule has 0 aliphatic rings. The molecule has 0 aliphatic heterocycles. The zero-order valence-corrected chi connectivity index (χ0v) is 18.1. The number of rotatable bonds is 7. The Bertz CT molecular complexity index is 1280. The van der Waals surface area contributed by atoms with Gasteiger partial charge in [0.1, 0.15) is 22.1 Å². The van der Waals surface area contributed by atoms with E-state index in [9.17, 15) is 9.59 Å². The van der Waals surface area contributed by atoms with Crippen molar-refractivity contribution in [3.63, 3.8) is 0 Å². The van der Waals surface area contributed by atoms with Crippen LogP contribution in [0.3, 0.4) is 0 Å². The first-order valence-corrected chi connectivity index (χ1v) is 10.8. The van der Waals surface area contributed by atoms with Gasteiger partial charge in [-0.2, -0.15) is 0 Å². The molecule has 0 atom stereocenters. The molecule has 0 N–H and O–H groups in total. The van der Waals surface area contributed by atoms with Crippen molar-refractivity contribution < 1.29 is 14.3 Å². The van der Waals surface area contributed by atoms with E-state index in [1.54, 1.807) is 18.4 Å². The molecule has 0 unspecified atom stereocenters. The molecule has 6 nitrogen and oxygen atoms in total. The van der Waals surface area contributed by atoms with Crippen molar-refractivity contribution in [3.8, 4) is 5.75 Å². The van der Waals surface area contributed by atoms with Gasteiger partial charge in [0, 0.05) is 0 Å². The molecule has 7 heteroatoms. The van der Waals surface area contributed by atoms with Crippen LogP contribution in [-0.2, 0) is 17.9 Å². The average molecular weight is 435 g/mol. The van der Waals surface area contributed by atoms with Gasteiger partial charge in [-0.3, -0.25) is 9.36 Å². The maximum atomic E-state index is 13.1. The number of hydrogen-bond donors (Lipinski definition) is 0. The first-order chi connectivity index (χ1) is 15.1. The summed E-state index contributed by atoms with van der Waals surface area (Å²) in [6.45, 7) is 4.63. The number of hydrogen-bond acceptors (Lipinski definition) is 6. The number of carbonyl (C=O) groups is 1. The number of fused-ring (bicyclic) bond motifs is 1. The largest absolute Gasteiger partial charge is 0.489 e. The third-order valence-corrected chi connectivity index (χ3v) is 6.06. The highest BCUT2D eigenvalue weighted by Gasteiger charge is 2.20. The third kappa shape index (κ3) is 4.51. The lowest BCUT2D eigenvalue weighted by molar-refractivity contribution is 0.0531. The molecule has 0 saturated carbocycles. The van der Waals surface area contributed by atoms with Gasteiger partial charge >= 0.3 is 5.97 Å². The van der Waals surface area contributed by atoms with Crippen LogP contribution in [0.4, 0.5) is 0 Å². The maximum Gasteiger partial charge on any atom is 0.348 e. The van der Waals surface area contributed by atoms with Gasteiger partial charge in [-0.15, -0.1) is 11.3 Å². The van der Waals surface area contributed by atoms with E-state index < -0.39 is 5.97 Å². The fourth-order valence-electron chi connectivity index (χ4n) is 3.33. The van der Waals surface area contributed by atoms with Crippen LogP contribution in [-0.4, -0.2) is 22.1 Å². The quantitative estimate of drug-likeness (QED) is 0.399. The van der Waals surface area contributed by atoms with Gasteiger partial charge in [-0.25, -0.2) is 9.78 Å². The van der Waals surface area contributed by atoms with Crippen LogP contribution in [0.1, 0.15) is 33.3 Å². The van der Waals surface area contributed by atoms with Crippen LogP contribution >= 0.6 is 11.3 Å². The van der Waals surface area contributed by atoms with Crippen molar-refractivity contribution in [3.05, 3.63) is 92.8 Å². The molecule has 0 radical (unpaired) electrons. The zero-order chi connectivity index (χ0) is 21.8. The predicted octanol–water partition coefficient (Wildman–Crippen LogP) is 4.57. The summed E-state index contributed by atoms with van der Waals surface area (Å²) < 4.78 is 12.5. The molecule has 2 heterocycles. The number of benzene rings is 2. The first kappa shape index (κ1) is 20.8. The van der Waals surface area contributed by atoms with Crippen molar-refractivity contribution in [1.82, 2.24) is 9.55 Å². The lowest BCUT2D eigenvalue weighted by atomic mass is 10.2. The van der Waals surface area contributed by atoms with E-state index in [-0.39, 0.29) is 12.2 Å². The smallest absolute Gasteiger partial charge is 0.348 e. The third-order valence-electron chi connectivity index (χ3n) is 4.88. The fourth-order valence-corrected chi connectivity index (χ4v) is 4.37. The molecule has 0 saturated heterocycles. The molecule has 0 spiro atoms. The van der Waals surface area contributed by atoms with Crippen molar-refractivity contribution in [2.45, 2.75) is 27.0 Å². The highest BCUT2D eigenvalue weighted by molar-refractivity contribution is 7.20. The molecule has 4 aromatic rings. The molecule has 2 aromatic heterocycles. The van der Waals surface area contributed by atoms with Gasteiger partial charge < -0.3 is 9.47 Å². The summed E-state index contributed by atoms with van der Waals surface area (Å²) in [6, 6.07) is 17.6. The minimum absolute atomic E-state index is 0.176. The summed E-state index contributed by atoms with van der Waals surface area (Å²) in [6.07, 6.45) is 1.52. The fraction of sp³-hybridized carbons (Fsp3) is 0.208. The maximum absolute atomic E-state index is 13.1. The number of ether oxygens (including phenoxy) is 2. The molecule has 0 bridgehead atoms. The van der Waals surface area contributed by atoms with Crippen LogP contribution in [0.25, 0.3) is 10.2 Å². The van der Waals surface area contributed by atoms with Crippen molar-refractivity contribution in [1.29, 1.82) is 0 Å². The predicted molar refractivity (Wildman–Crippen MR) is 121 cm³/mol. The Morgan fingerprint density at radius 3 is 2.65 bits per heavy atom. The minimum atomic E-state index is -0.419. The summed E-state index contributed by atoms with van der Waals surface area (Å²) in [7, 11) is 0. The summed E-state index contributed by atoms with van der Waals surface area (Å²) >= 11 is 1.19. The van der Waals surface area contributed by atoms with Gasteiger partial charge in [0.15, 0.2) is 0 Å². The Balaban J connectivity index is 1.57. The Morgan fingerprint density at radius 2 is 1.87 bits per heavy atom. The first-order valence-electron chi connectivity index (χ1n) is 9.98. The molecule has 158 valence electrons. The summed E-state index contributed by atoms with van der Waals surface area (Å²) in [5, 5.41) is 0.465. The van der Waals surface area contributed by atoms with E-state index >= 15 is 0 Å². The van der Waals surface area contributed by atoms with Gasteiger partial charge in [0.2, 0.25) is 0 Å². The highest BCUT2D eigenvalue weighted by atomic mass is 32.1. The van der Waals surface area contributed by atoms with Crippen LogP contribution in [0.2, 0.25) is 0 Å². The standard InChI is InChI=1S/C24H22N2O4S/c1-3-29-24(28)21-16(2)20-22(31-21)25-15-26(23(20)27)13-18-10-7-11-19(12-18)30-14-17-8-5-4-6-9-17/h4-12,15H,3,13-14H2,1-2H3. The van der Waals surface area contributed by atoms with Gasteiger partial charge in [-0.1, -0.05) is 42.5 Å². The van der Waals surface area contributed by atoms with Crippen molar-refractivity contribution in [2.75, 3.05) is 6.61 Å². The Labute approximate surface area is 183 Å². The second kappa shape index (κ2) is 9.14. The van der Waals surface area contributed by atoms with Gasteiger partial charge in [-0.05, 0) is 42.7 Å². The molecular weight excluding hydrogens is 412 g/mol. The molecule has 31 heavy (non-hydrogen) atoms. The highest BCUT2D eigenvalue weighted by Crippen LogP contribution is 2.27. The van der Waals surface area contributed by atoms with E-state index in [4.69, 9.17) is 9.47 Å². The van der Waals surface area contributed by atoms with Gasteiger partial charge in [0.05, 0.1) is 24.9 Å². The lowest BCUT2D eigenvalue weighted by Crippen LogP contribution is -2.21.